The fourth-order valence-electron chi connectivity index (χ4n) is 2.73. The molecule has 0 saturated carbocycles. The number of aromatic nitrogens is 3. The number of nitrogens with zero attached hydrogens (tertiary/aromatic N) is 3. The van der Waals surface area contributed by atoms with Crippen molar-refractivity contribution in [1.29, 1.82) is 0 Å². The van der Waals surface area contributed by atoms with E-state index in [1.807, 2.05) is 0 Å². The average Bonchev–Trinajstić information content (AvgIpc) is 3.11. The first-order valence-electron chi connectivity index (χ1n) is 9.20. The minimum atomic E-state index is -0.562. The summed E-state index contributed by atoms with van der Waals surface area (Å²) in [6.45, 7) is 0.284. The number of hydrogen-bond acceptors (Lipinski definition) is 6. The number of methoxy groups -OCH3 is 1. The summed E-state index contributed by atoms with van der Waals surface area (Å²) in [6, 6.07) is 12.8. The number of rotatable bonds is 9. The Morgan fingerprint density at radius 3 is 2.73 bits per heavy atom. The molecule has 0 aliphatic heterocycles. The van der Waals surface area contributed by atoms with Crippen LogP contribution in [0, 0.1) is 5.82 Å². The number of halogens is 1. The molecule has 0 saturated heterocycles. The number of thioether (sulfide) groups is 1. The molecule has 0 aliphatic rings. The number of nitrogens with one attached hydrogen (secondary N) is 1. The molecule has 0 atom stereocenters. The lowest BCUT2D eigenvalue weighted by Crippen LogP contribution is -2.27. The Morgan fingerprint density at radius 2 is 1.97 bits per heavy atom. The molecule has 0 unspecified atom stereocenters. The zero-order chi connectivity index (χ0) is 21.5. The Labute approximate surface area is 177 Å². The molecule has 3 aromatic rings. The van der Waals surface area contributed by atoms with Crippen LogP contribution in [-0.2, 0) is 13.5 Å². The molecule has 0 fully saturated rings. The van der Waals surface area contributed by atoms with Crippen LogP contribution in [0.5, 0.6) is 5.75 Å². The molecule has 1 heterocycles. The molecule has 30 heavy (non-hydrogen) atoms. The minimum Gasteiger partial charge on any atom is -0.497 e. The van der Waals surface area contributed by atoms with Crippen LogP contribution in [0.15, 0.2) is 53.7 Å². The van der Waals surface area contributed by atoms with Crippen LogP contribution in [0.4, 0.5) is 4.39 Å². The van der Waals surface area contributed by atoms with Gasteiger partial charge in [0.2, 0.25) is 0 Å². The molecular weight excluding hydrogens is 407 g/mol. The van der Waals surface area contributed by atoms with Crippen molar-refractivity contribution in [2.24, 2.45) is 7.05 Å². The highest BCUT2D eigenvalue weighted by Crippen LogP contribution is 2.19. The lowest BCUT2D eigenvalue weighted by atomic mass is 10.1. The zero-order valence-corrected chi connectivity index (χ0v) is 17.4. The van der Waals surface area contributed by atoms with Crippen molar-refractivity contribution in [1.82, 2.24) is 20.1 Å². The van der Waals surface area contributed by atoms with Crippen molar-refractivity contribution in [3.63, 3.8) is 0 Å². The topological polar surface area (TPSA) is 86.1 Å². The van der Waals surface area contributed by atoms with Gasteiger partial charge in [-0.1, -0.05) is 36.0 Å². The quantitative estimate of drug-likeness (QED) is 0.417. The number of amides is 1. The van der Waals surface area contributed by atoms with Crippen molar-refractivity contribution in [2.75, 3.05) is 19.4 Å². The van der Waals surface area contributed by atoms with E-state index in [2.05, 4.69) is 15.5 Å². The summed E-state index contributed by atoms with van der Waals surface area (Å²) in [5.74, 6) is 0.412. The highest BCUT2D eigenvalue weighted by molar-refractivity contribution is 7.99. The number of carbonyl (C=O) groups excluding carboxylic acids is 2. The van der Waals surface area contributed by atoms with Gasteiger partial charge < -0.3 is 14.6 Å². The molecule has 1 N–H and O–H groups in total. The normalized spacial score (nSPS) is 10.6. The van der Waals surface area contributed by atoms with Crippen molar-refractivity contribution in [3.05, 3.63) is 71.3 Å². The monoisotopic (exact) mass is 428 g/mol. The maximum absolute atomic E-state index is 13.6. The molecule has 3 rings (SSSR count). The van der Waals surface area contributed by atoms with Crippen LogP contribution in [-0.4, -0.2) is 45.9 Å². The van der Waals surface area contributed by atoms with E-state index < -0.39 is 11.7 Å². The van der Waals surface area contributed by atoms with Crippen molar-refractivity contribution in [3.8, 4) is 5.75 Å². The summed E-state index contributed by atoms with van der Waals surface area (Å²) in [6.07, 6.45) is 0.425. The fraction of sp³-hybridized carbons (Fsp3) is 0.238. The highest BCUT2D eigenvalue weighted by atomic mass is 32.2. The van der Waals surface area contributed by atoms with E-state index in [0.29, 0.717) is 28.7 Å². The first kappa shape index (κ1) is 21.5. The summed E-state index contributed by atoms with van der Waals surface area (Å²) in [5, 5.41) is 11.5. The summed E-state index contributed by atoms with van der Waals surface area (Å²) < 4.78 is 20.6. The predicted molar refractivity (Wildman–Crippen MR) is 111 cm³/mol. The number of Topliss-reactive ketones (excluding diaryl/α,β-unsaturated/α-hetero) is 1. The van der Waals surface area contributed by atoms with Crippen molar-refractivity contribution < 1.29 is 18.7 Å². The second-order valence-electron chi connectivity index (χ2n) is 6.39. The SMILES string of the molecule is COc1cccc(C(=O)CSc2nnc(CCNC(=O)c3ccccc3F)n2C)c1. The van der Waals surface area contributed by atoms with Gasteiger partial charge in [0.1, 0.15) is 17.4 Å². The second-order valence-corrected chi connectivity index (χ2v) is 7.33. The van der Waals surface area contributed by atoms with Crippen molar-refractivity contribution >= 4 is 23.5 Å². The van der Waals surface area contributed by atoms with Gasteiger partial charge in [0.25, 0.3) is 5.91 Å². The minimum absolute atomic E-state index is 0.00256. The molecule has 1 amide bonds. The van der Waals surface area contributed by atoms with Crippen LogP contribution < -0.4 is 10.1 Å². The van der Waals surface area contributed by atoms with Gasteiger partial charge in [-0.15, -0.1) is 10.2 Å². The van der Waals surface area contributed by atoms with Crippen molar-refractivity contribution in [2.45, 2.75) is 11.6 Å². The maximum Gasteiger partial charge on any atom is 0.254 e. The third kappa shape index (κ3) is 5.24. The second kappa shape index (κ2) is 10.0. The van der Waals surface area contributed by atoms with Crippen LogP contribution in [0.25, 0.3) is 0 Å². The molecule has 2 aromatic carbocycles. The van der Waals surface area contributed by atoms with E-state index in [0.717, 1.165) is 0 Å². The van der Waals surface area contributed by atoms with E-state index in [9.17, 15) is 14.0 Å². The van der Waals surface area contributed by atoms with Crippen LogP contribution in [0.1, 0.15) is 26.5 Å². The average molecular weight is 428 g/mol. The summed E-state index contributed by atoms with van der Waals surface area (Å²) >= 11 is 1.28. The number of benzene rings is 2. The fourth-order valence-corrected chi connectivity index (χ4v) is 3.55. The molecule has 0 bridgehead atoms. The first-order valence-corrected chi connectivity index (χ1v) is 10.2. The van der Waals surface area contributed by atoms with Gasteiger partial charge in [-0.3, -0.25) is 9.59 Å². The number of carbonyl (C=O) groups is 2. The summed E-state index contributed by atoms with van der Waals surface area (Å²) in [4.78, 5) is 24.5. The third-order valence-corrected chi connectivity index (χ3v) is 5.42. The Balaban J connectivity index is 1.52. The zero-order valence-electron chi connectivity index (χ0n) is 16.6. The standard InChI is InChI=1S/C21H21FN4O3S/c1-26-19(10-11-23-20(28)16-8-3-4-9-17(16)22)24-25-21(26)30-13-18(27)14-6-5-7-15(12-14)29-2/h3-9,12H,10-11,13H2,1-2H3,(H,23,28). The van der Waals surface area contributed by atoms with Crippen LogP contribution in [0.3, 0.4) is 0 Å². The first-order chi connectivity index (χ1) is 14.5. The third-order valence-electron chi connectivity index (χ3n) is 4.40. The van der Waals surface area contributed by atoms with Gasteiger partial charge >= 0.3 is 0 Å². The predicted octanol–water partition coefficient (Wildman–Crippen LogP) is 2.91. The van der Waals surface area contributed by atoms with E-state index in [1.165, 1.54) is 30.0 Å². The Hall–Kier alpha value is -3.20. The Kier molecular flexibility index (Phi) is 7.18. The smallest absolute Gasteiger partial charge is 0.254 e. The van der Waals surface area contributed by atoms with E-state index in [4.69, 9.17) is 4.74 Å². The number of hydrogen-bond donors (Lipinski definition) is 1. The van der Waals surface area contributed by atoms with Crippen LogP contribution >= 0.6 is 11.8 Å². The van der Waals surface area contributed by atoms with Gasteiger partial charge in [0.15, 0.2) is 10.9 Å². The number of ketones is 1. The highest BCUT2D eigenvalue weighted by Gasteiger charge is 2.14. The van der Waals surface area contributed by atoms with Gasteiger partial charge in [-0.2, -0.15) is 0 Å². The number of ether oxygens (including phenoxy) is 1. The molecule has 156 valence electrons. The lowest BCUT2D eigenvalue weighted by molar-refractivity contribution is 0.0949. The van der Waals surface area contributed by atoms with Gasteiger partial charge in [-0.05, 0) is 24.3 Å². The summed E-state index contributed by atoms with van der Waals surface area (Å²) in [7, 11) is 3.35. The van der Waals surface area contributed by atoms with E-state index in [-0.39, 0.29) is 23.6 Å². The maximum atomic E-state index is 13.6. The molecule has 0 radical (unpaired) electrons. The van der Waals surface area contributed by atoms with E-state index >= 15 is 0 Å². The molecule has 9 heteroatoms. The molecular formula is C21H21FN4O3S. The van der Waals surface area contributed by atoms with Gasteiger partial charge in [0, 0.05) is 25.6 Å². The Morgan fingerprint density at radius 1 is 1.17 bits per heavy atom. The lowest BCUT2D eigenvalue weighted by Gasteiger charge is -2.07. The molecule has 0 aliphatic carbocycles. The largest absolute Gasteiger partial charge is 0.497 e. The summed E-state index contributed by atoms with van der Waals surface area (Å²) in [5.41, 5.74) is 0.572. The molecule has 7 nitrogen and oxygen atoms in total. The van der Waals surface area contributed by atoms with E-state index in [1.54, 1.807) is 49.1 Å². The van der Waals surface area contributed by atoms with Gasteiger partial charge in [0.05, 0.1) is 18.4 Å². The molecule has 0 spiro atoms. The molecule has 1 aromatic heterocycles. The van der Waals surface area contributed by atoms with Crippen LogP contribution in [0.2, 0.25) is 0 Å². The Bertz CT molecular complexity index is 1050. The van der Waals surface area contributed by atoms with Gasteiger partial charge in [-0.25, -0.2) is 4.39 Å².